The van der Waals surface area contributed by atoms with Crippen LogP contribution in [0, 0.1) is 0 Å². The first-order valence-electron chi connectivity index (χ1n) is 9.84. The van der Waals surface area contributed by atoms with E-state index in [1.165, 1.54) is 27.8 Å². The van der Waals surface area contributed by atoms with Gasteiger partial charge in [0.15, 0.2) is 0 Å². The monoisotopic (exact) mass is 399 g/mol. The van der Waals surface area contributed by atoms with E-state index in [0.717, 1.165) is 22.8 Å². The van der Waals surface area contributed by atoms with Gasteiger partial charge in [0.1, 0.15) is 0 Å². The van der Waals surface area contributed by atoms with Crippen molar-refractivity contribution < 1.29 is 0 Å². The minimum atomic E-state index is 0.0858. The Hall–Kier alpha value is -2.88. The van der Waals surface area contributed by atoms with Crippen molar-refractivity contribution in [3.8, 4) is 0 Å². The molecule has 0 radical (unpaired) electrons. The minimum absolute atomic E-state index is 0.0858. The molecule has 0 spiro atoms. The zero-order valence-electron chi connectivity index (χ0n) is 16.3. The van der Waals surface area contributed by atoms with Crippen LogP contribution in [0.2, 0.25) is 5.02 Å². The number of likely N-dealkylation sites (N-methyl/N-ethyl adjacent to an activating group) is 1. The molecule has 1 atom stereocenters. The summed E-state index contributed by atoms with van der Waals surface area (Å²) in [6, 6.07) is 27.2. The van der Waals surface area contributed by atoms with Crippen molar-refractivity contribution >= 4 is 28.2 Å². The molecule has 4 heteroatoms. The first kappa shape index (κ1) is 18.2. The van der Waals surface area contributed by atoms with Gasteiger partial charge in [-0.25, -0.2) is 0 Å². The number of H-pyrrole nitrogens is 1. The van der Waals surface area contributed by atoms with Crippen LogP contribution in [0.4, 0.5) is 0 Å². The highest BCUT2D eigenvalue weighted by Gasteiger charge is 2.33. The molecule has 0 fully saturated rings. The summed E-state index contributed by atoms with van der Waals surface area (Å²) in [5.74, 6) is 0. The smallest absolute Gasteiger partial charge is 0.0780 e. The molecule has 1 aliphatic rings. The molecule has 1 aromatic heterocycles. The van der Waals surface area contributed by atoms with Gasteiger partial charge in [0.2, 0.25) is 0 Å². The van der Waals surface area contributed by atoms with Crippen molar-refractivity contribution in [3.63, 3.8) is 0 Å². The average Bonchev–Trinajstić information content (AvgIpc) is 3.11. The number of hydrogen-bond donors (Lipinski definition) is 1. The summed E-state index contributed by atoms with van der Waals surface area (Å²) >= 11 is 6.16. The minimum Gasteiger partial charge on any atom is -0.357 e. The van der Waals surface area contributed by atoms with Crippen LogP contribution in [-0.4, -0.2) is 22.6 Å². The molecule has 0 bridgehead atoms. The summed E-state index contributed by atoms with van der Waals surface area (Å²) < 4.78 is 0. The molecule has 0 aliphatic carbocycles. The van der Waals surface area contributed by atoms with Crippen LogP contribution in [0.25, 0.3) is 10.9 Å². The van der Waals surface area contributed by atoms with Gasteiger partial charge in [-0.2, -0.15) is 0 Å². The number of aromatic nitrogens is 1. The second-order valence-electron chi connectivity index (χ2n) is 7.58. The van der Waals surface area contributed by atoms with Gasteiger partial charge in [0, 0.05) is 33.7 Å². The fourth-order valence-corrected chi connectivity index (χ4v) is 4.40. The van der Waals surface area contributed by atoms with E-state index in [2.05, 4.69) is 77.6 Å². The van der Waals surface area contributed by atoms with E-state index in [0.29, 0.717) is 6.54 Å². The van der Waals surface area contributed by atoms with Crippen molar-refractivity contribution in [2.75, 3.05) is 7.05 Å². The maximum Gasteiger partial charge on any atom is 0.0780 e. The van der Waals surface area contributed by atoms with Crippen LogP contribution < -0.4 is 0 Å². The largest absolute Gasteiger partial charge is 0.357 e. The summed E-state index contributed by atoms with van der Waals surface area (Å²) in [6.45, 7) is 1.51. The third-order valence-electron chi connectivity index (χ3n) is 5.61. The number of nitrogens with zero attached hydrogens (tertiary/aromatic N) is 2. The fourth-order valence-electron chi connectivity index (χ4n) is 4.28. The maximum atomic E-state index is 6.16. The summed E-state index contributed by atoms with van der Waals surface area (Å²) in [5, 5.41) is 1.99. The Balaban J connectivity index is 1.68. The zero-order chi connectivity index (χ0) is 19.8. The number of halogens is 1. The van der Waals surface area contributed by atoms with Crippen LogP contribution >= 0.6 is 11.6 Å². The summed E-state index contributed by atoms with van der Waals surface area (Å²) in [6.07, 6.45) is 0. The molecule has 5 rings (SSSR count). The normalized spacial score (nSPS) is 18.3. The van der Waals surface area contributed by atoms with Gasteiger partial charge in [0.25, 0.3) is 0 Å². The Morgan fingerprint density at radius 3 is 2.48 bits per heavy atom. The van der Waals surface area contributed by atoms with E-state index < -0.39 is 0 Å². The van der Waals surface area contributed by atoms with Crippen molar-refractivity contribution in [2.45, 2.75) is 19.1 Å². The number of fused-ring (bicyclic) bond motifs is 3. The lowest BCUT2D eigenvalue weighted by Crippen LogP contribution is -2.36. The number of aliphatic imine (C=N–C) groups is 1. The van der Waals surface area contributed by atoms with Gasteiger partial charge in [-0.3, -0.25) is 9.89 Å². The Morgan fingerprint density at radius 1 is 0.966 bits per heavy atom. The Morgan fingerprint density at radius 2 is 1.69 bits per heavy atom. The van der Waals surface area contributed by atoms with E-state index in [1.54, 1.807) is 0 Å². The summed E-state index contributed by atoms with van der Waals surface area (Å²) in [4.78, 5) is 11.1. The van der Waals surface area contributed by atoms with Crippen LogP contribution in [0.5, 0.6) is 0 Å². The average molecular weight is 400 g/mol. The molecule has 3 nitrogen and oxygen atoms in total. The van der Waals surface area contributed by atoms with Crippen molar-refractivity contribution in [3.05, 3.63) is 106 Å². The maximum absolute atomic E-state index is 6.16. The molecule has 2 heterocycles. The quantitative estimate of drug-likeness (QED) is 0.450. The van der Waals surface area contributed by atoms with Crippen LogP contribution in [0.3, 0.4) is 0 Å². The van der Waals surface area contributed by atoms with Gasteiger partial charge in [0.05, 0.1) is 18.3 Å². The first-order chi connectivity index (χ1) is 14.2. The Bertz CT molecular complexity index is 1180. The summed E-state index contributed by atoms with van der Waals surface area (Å²) in [5.41, 5.74) is 7.16. The molecular weight excluding hydrogens is 378 g/mol. The van der Waals surface area contributed by atoms with Gasteiger partial charge in [-0.1, -0.05) is 72.3 Å². The van der Waals surface area contributed by atoms with Crippen LogP contribution in [0.1, 0.15) is 28.4 Å². The molecule has 0 saturated carbocycles. The number of hydrogen-bond acceptors (Lipinski definition) is 2. The van der Waals surface area contributed by atoms with E-state index in [1.807, 2.05) is 18.2 Å². The fraction of sp³-hybridized carbons (Fsp3) is 0.160. The number of benzene rings is 3. The molecule has 144 valence electrons. The number of para-hydroxylation sites is 1. The zero-order valence-corrected chi connectivity index (χ0v) is 17.0. The second kappa shape index (κ2) is 7.51. The molecule has 4 aromatic rings. The highest BCUT2D eigenvalue weighted by atomic mass is 35.5. The van der Waals surface area contributed by atoms with Crippen LogP contribution in [0.15, 0.2) is 83.9 Å². The van der Waals surface area contributed by atoms with Gasteiger partial charge in [-0.15, -0.1) is 0 Å². The molecule has 1 N–H and O–H groups in total. The molecule has 3 aromatic carbocycles. The van der Waals surface area contributed by atoms with Gasteiger partial charge >= 0.3 is 0 Å². The first-order valence-corrected chi connectivity index (χ1v) is 10.2. The van der Waals surface area contributed by atoms with Crippen molar-refractivity contribution in [1.82, 2.24) is 9.88 Å². The summed E-state index contributed by atoms with van der Waals surface area (Å²) in [7, 11) is 2.16. The molecule has 1 aliphatic heterocycles. The van der Waals surface area contributed by atoms with Crippen LogP contribution in [-0.2, 0) is 13.1 Å². The Labute approximate surface area is 175 Å². The SMILES string of the molecule is CN1Cc2[nH]c3ccccc3c2C(=NCc2ccccc2)C1c1ccc(Cl)cc1. The second-order valence-corrected chi connectivity index (χ2v) is 8.02. The van der Waals surface area contributed by atoms with E-state index >= 15 is 0 Å². The number of rotatable bonds is 3. The predicted octanol–water partition coefficient (Wildman–Crippen LogP) is 6.00. The van der Waals surface area contributed by atoms with Crippen molar-refractivity contribution in [2.24, 2.45) is 4.99 Å². The van der Waals surface area contributed by atoms with E-state index in [4.69, 9.17) is 16.6 Å². The molecule has 1 unspecified atom stereocenters. The predicted molar refractivity (Wildman–Crippen MR) is 121 cm³/mol. The lowest BCUT2D eigenvalue weighted by Gasteiger charge is -2.34. The lowest BCUT2D eigenvalue weighted by atomic mass is 9.90. The Kier molecular flexibility index (Phi) is 4.70. The third kappa shape index (κ3) is 3.37. The topological polar surface area (TPSA) is 31.4 Å². The van der Waals surface area contributed by atoms with Crippen molar-refractivity contribution in [1.29, 1.82) is 0 Å². The molecule has 0 saturated heterocycles. The standard InChI is InChI=1S/C25H22ClN3/c1-29-16-22-23(20-9-5-6-10-21(20)28-22)24(27-15-17-7-3-2-4-8-17)25(29)18-11-13-19(26)14-12-18/h2-14,25,28H,15-16H2,1H3. The molecule has 0 amide bonds. The van der Waals surface area contributed by atoms with Gasteiger partial charge in [-0.05, 0) is 36.4 Å². The number of aromatic amines is 1. The highest BCUT2D eigenvalue weighted by Crippen LogP contribution is 2.37. The number of nitrogens with one attached hydrogen (secondary N) is 1. The highest BCUT2D eigenvalue weighted by molar-refractivity contribution is 6.30. The lowest BCUT2D eigenvalue weighted by molar-refractivity contribution is 0.281. The van der Waals surface area contributed by atoms with E-state index in [-0.39, 0.29) is 6.04 Å². The third-order valence-corrected chi connectivity index (χ3v) is 5.86. The molecule has 29 heavy (non-hydrogen) atoms. The van der Waals surface area contributed by atoms with Gasteiger partial charge < -0.3 is 4.98 Å². The van der Waals surface area contributed by atoms with E-state index in [9.17, 15) is 0 Å². The molecular formula is C25H22ClN3.